The number of hydrogen-bond donors (Lipinski definition) is 4. The van der Waals surface area contributed by atoms with E-state index in [-0.39, 0.29) is 24.5 Å². The van der Waals surface area contributed by atoms with Crippen LogP contribution in [0, 0.1) is 0 Å². The molecule has 0 saturated heterocycles. The van der Waals surface area contributed by atoms with Crippen molar-refractivity contribution in [2.45, 2.75) is 206 Å². The van der Waals surface area contributed by atoms with E-state index in [1.807, 2.05) is 0 Å². The Labute approximate surface area is 299 Å². The molecular weight excluding hydrogens is 620 g/mol. The minimum atomic E-state index is -1.38. The van der Waals surface area contributed by atoms with Gasteiger partial charge >= 0.3 is 11.9 Å². The molecule has 2 atom stereocenters. The summed E-state index contributed by atoms with van der Waals surface area (Å²) in [6, 6.07) is -1.38. The van der Waals surface area contributed by atoms with E-state index in [1.165, 1.54) is 96.3 Å². The van der Waals surface area contributed by atoms with Crippen LogP contribution in [0.4, 0.5) is 0 Å². The molecule has 0 heterocycles. The van der Waals surface area contributed by atoms with Crippen LogP contribution in [0.25, 0.3) is 0 Å². The van der Waals surface area contributed by atoms with E-state index in [2.05, 4.69) is 36.6 Å². The first-order valence-corrected chi connectivity index (χ1v) is 20.1. The fourth-order valence-corrected chi connectivity index (χ4v) is 5.89. The monoisotopic (exact) mass is 695 g/mol. The number of nitrogens with one attached hydrogen (secondary N) is 2. The molecule has 9 nitrogen and oxygen atoms in total. The average Bonchev–Trinajstić information content (AvgIpc) is 3.08. The predicted molar refractivity (Wildman–Crippen MR) is 199 cm³/mol. The zero-order valence-corrected chi connectivity index (χ0v) is 31.5. The summed E-state index contributed by atoms with van der Waals surface area (Å²) in [7, 11) is 0. The van der Waals surface area contributed by atoms with Crippen molar-refractivity contribution in [3.05, 3.63) is 12.2 Å². The molecule has 0 fully saturated rings. The molecule has 0 radical (unpaired) electrons. The number of aliphatic hydroxyl groups is 1. The standard InChI is InChI=1S/C40H74N2O7/c1-3-5-7-9-11-13-14-15-16-17-19-24-28-32-39(46)49-35(29-25-21-18-12-10-8-6-4-2)30-26-22-20-23-27-31-37(44)41-33-38(45)42-36(34-43)40(47)48/h13-14,35-36,43H,3-12,15-34H2,1-2H3,(H,41,44)(H,42,45)(H,47,48)/b14-13-. The molecular formula is C40H74N2O7. The molecule has 0 aromatic rings. The van der Waals surface area contributed by atoms with Crippen LogP contribution >= 0.6 is 0 Å². The highest BCUT2D eigenvalue weighted by atomic mass is 16.5. The average molecular weight is 695 g/mol. The van der Waals surface area contributed by atoms with Gasteiger partial charge in [0.05, 0.1) is 13.2 Å². The van der Waals surface area contributed by atoms with E-state index < -0.39 is 24.5 Å². The molecule has 2 unspecified atom stereocenters. The Morgan fingerprint density at radius 2 is 1.04 bits per heavy atom. The van der Waals surface area contributed by atoms with Gasteiger partial charge in [-0.2, -0.15) is 0 Å². The normalized spacial score (nSPS) is 12.6. The molecule has 9 heteroatoms. The van der Waals surface area contributed by atoms with Crippen LogP contribution in [0.15, 0.2) is 12.2 Å². The largest absolute Gasteiger partial charge is 0.480 e. The number of carboxylic acids is 1. The van der Waals surface area contributed by atoms with E-state index in [1.54, 1.807) is 0 Å². The lowest BCUT2D eigenvalue weighted by atomic mass is 10.0. The van der Waals surface area contributed by atoms with E-state index in [4.69, 9.17) is 14.9 Å². The zero-order valence-electron chi connectivity index (χ0n) is 31.5. The molecule has 4 N–H and O–H groups in total. The summed E-state index contributed by atoms with van der Waals surface area (Å²) < 4.78 is 5.99. The molecule has 0 aromatic carbocycles. The predicted octanol–water partition coefficient (Wildman–Crippen LogP) is 9.09. The summed E-state index contributed by atoms with van der Waals surface area (Å²) in [6.07, 6.45) is 35.2. The Bertz CT molecular complexity index is 848. The first-order valence-electron chi connectivity index (χ1n) is 20.1. The maximum absolute atomic E-state index is 12.7. The first kappa shape index (κ1) is 46.6. The molecule has 0 aromatic heterocycles. The van der Waals surface area contributed by atoms with Crippen LogP contribution in [0.2, 0.25) is 0 Å². The molecule has 0 aliphatic heterocycles. The van der Waals surface area contributed by atoms with Gasteiger partial charge in [-0.05, 0) is 64.2 Å². The van der Waals surface area contributed by atoms with Gasteiger partial charge in [-0.15, -0.1) is 0 Å². The number of rotatable bonds is 36. The highest BCUT2D eigenvalue weighted by Crippen LogP contribution is 2.19. The second-order valence-electron chi connectivity index (χ2n) is 13.7. The Balaban J connectivity index is 4.23. The van der Waals surface area contributed by atoms with Crippen molar-refractivity contribution in [3.63, 3.8) is 0 Å². The topological polar surface area (TPSA) is 142 Å². The van der Waals surface area contributed by atoms with Crippen molar-refractivity contribution < 1.29 is 34.1 Å². The molecule has 0 rings (SSSR count). The Kier molecular flexibility index (Phi) is 33.7. The lowest BCUT2D eigenvalue weighted by molar-refractivity contribution is -0.150. The highest BCUT2D eigenvalue weighted by Gasteiger charge is 2.19. The molecule has 0 spiro atoms. The van der Waals surface area contributed by atoms with Crippen molar-refractivity contribution in [2.75, 3.05) is 13.2 Å². The maximum Gasteiger partial charge on any atom is 0.328 e. The third kappa shape index (κ3) is 32.5. The quantitative estimate of drug-likeness (QED) is 0.0291. The van der Waals surface area contributed by atoms with Crippen molar-refractivity contribution in [1.29, 1.82) is 0 Å². The number of esters is 1. The van der Waals surface area contributed by atoms with Crippen LogP contribution in [0.5, 0.6) is 0 Å². The highest BCUT2D eigenvalue weighted by molar-refractivity contribution is 5.87. The minimum absolute atomic E-state index is 0.00941. The minimum Gasteiger partial charge on any atom is -0.480 e. The number of carboxylic acid groups (broad SMARTS) is 1. The number of carbonyl (C=O) groups excluding carboxylic acids is 3. The SMILES string of the molecule is CCCCCC/C=C\CCCCCCCC(=O)OC(CCCCCCCCCC)CCCCCCCC(=O)NCC(=O)NC(CO)C(=O)O. The maximum atomic E-state index is 12.7. The third-order valence-electron chi connectivity index (χ3n) is 9.01. The number of aliphatic carboxylic acids is 1. The van der Waals surface area contributed by atoms with Crippen LogP contribution in [0.1, 0.15) is 194 Å². The third-order valence-corrected chi connectivity index (χ3v) is 9.01. The number of ether oxygens (including phenoxy) is 1. The molecule has 0 aliphatic carbocycles. The number of hydrogen-bond acceptors (Lipinski definition) is 6. The summed E-state index contributed by atoms with van der Waals surface area (Å²) in [4.78, 5) is 47.4. The zero-order chi connectivity index (χ0) is 36.2. The summed E-state index contributed by atoms with van der Waals surface area (Å²) in [5.74, 6) is -2.29. The van der Waals surface area contributed by atoms with Gasteiger partial charge in [0.1, 0.15) is 12.1 Å². The lowest BCUT2D eigenvalue weighted by Crippen LogP contribution is -2.47. The van der Waals surface area contributed by atoms with Crippen molar-refractivity contribution in [1.82, 2.24) is 10.6 Å². The number of unbranched alkanes of at least 4 members (excludes halogenated alkanes) is 20. The number of allylic oxidation sites excluding steroid dienone is 2. The van der Waals surface area contributed by atoms with Gasteiger partial charge in [-0.1, -0.05) is 129 Å². The smallest absolute Gasteiger partial charge is 0.328 e. The lowest BCUT2D eigenvalue weighted by Gasteiger charge is -2.18. The Morgan fingerprint density at radius 1 is 0.592 bits per heavy atom. The van der Waals surface area contributed by atoms with Crippen molar-refractivity contribution in [3.8, 4) is 0 Å². The Morgan fingerprint density at radius 3 is 1.55 bits per heavy atom. The van der Waals surface area contributed by atoms with Crippen LogP contribution in [-0.2, 0) is 23.9 Å². The van der Waals surface area contributed by atoms with Gasteiger partial charge in [-0.25, -0.2) is 4.79 Å². The number of aliphatic hydroxyl groups excluding tert-OH is 1. The van der Waals surface area contributed by atoms with Gasteiger partial charge in [0.15, 0.2) is 0 Å². The fraction of sp³-hybridized carbons (Fsp3) is 0.850. The fourth-order valence-electron chi connectivity index (χ4n) is 5.89. The first-order chi connectivity index (χ1) is 23.8. The number of carbonyl (C=O) groups is 4. The van der Waals surface area contributed by atoms with Gasteiger partial charge in [0.25, 0.3) is 0 Å². The second kappa shape index (κ2) is 35.4. The van der Waals surface area contributed by atoms with E-state index in [0.29, 0.717) is 19.3 Å². The molecule has 0 saturated carbocycles. The molecule has 2 amide bonds. The molecule has 286 valence electrons. The van der Waals surface area contributed by atoms with Crippen molar-refractivity contribution in [2.24, 2.45) is 0 Å². The summed E-state index contributed by atoms with van der Waals surface area (Å²) in [6.45, 7) is 3.45. The van der Waals surface area contributed by atoms with E-state index in [9.17, 15) is 19.2 Å². The van der Waals surface area contributed by atoms with Gasteiger partial charge in [0.2, 0.25) is 11.8 Å². The summed E-state index contributed by atoms with van der Waals surface area (Å²) in [5.41, 5.74) is 0. The van der Waals surface area contributed by atoms with Crippen molar-refractivity contribution >= 4 is 23.8 Å². The molecule has 49 heavy (non-hydrogen) atoms. The van der Waals surface area contributed by atoms with Gasteiger partial charge < -0.3 is 25.6 Å². The number of amides is 2. The Hall–Kier alpha value is -2.42. The van der Waals surface area contributed by atoms with Crippen LogP contribution < -0.4 is 10.6 Å². The van der Waals surface area contributed by atoms with E-state index in [0.717, 1.165) is 64.2 Å². The second-order valence-corrected chi connectivity index (χ2v) is 13.7. The molecule has 0 bridgehead atoms. The van der Waals surface area contributed by atoms with Crippen LogP contribution in [0.3, 0.4) is 0 Å². The van der Waals surface area contributed by atoms with Gasteiger partial charge in [-0.3, -0.25) is 14.4 Å². The van der Waals surface area contributed by atoms with Crippen LogP contribution in [-0.4, -0.2) is 59.3 Å². The van der Waals surface area contributed by atoms with E-state index >= 15 is 0 Å². The van der Waals surface area contributed by atoms with Gasteiger partial charge in [0, 0.05) is 12.8 Å². The summed E-state index contributed by atoms with van der Waals surface area (Å²) in [5, 5.41) is 22.5. The molecule has 0 aliphatic rings. The summed E-state index contributed by atoms with van der Waals surface area (Å²) >= 11 is 0.